The molecule has 0 aliphatic carbocycles. The molecule has 0 atom stereocenters. The van der Waals surface area contributed by atoms with Crippen LogP contribution < -0.4 is 19.7 Å². The van der Waals surface area contributed by atoms with Gasteiger partial charge in [0.2, 0.25) is 0 Å². The molecule has 3 N–H and O–H groups in total. The second kappa shape index (κ2) is 16.6. The van der Waals surface area contributed by atoms with Crippen molar-refractivity contribution in [3.8, 4) is 11.5 Å². The van der Waals surface area contributed by atoms with Crippen molar-refractivity contribution in [2.24, 2.45) is 0 Å². The topological polar surface area (TPSA) is 141 Å². The molecule has 1 heterocycles. The Labute approximate surface area is 276 Å². The fraction of sp³-hybridized carbons (Fsp3) is 0.515. The average Bonchev–Trinajstić information content (AvgIpc) is 3.27. The smallest absolute Gasteiger partial charge is 0.303 e. The number of carboxylic acids is 1. The number of halogens is 1. The number of amidine groups is 1. The van der Waals surface area contributed by atoms with E-state index in [0.717, 1.165) is 16.8 Å². The van der Waals surface area contributed by atoms with Crippen molar-refractivity contribution in [3.63, 3.8) is 0 Å². The SMILES string of the molecule is Br.CCOc1cc2c(cc1C(=O)NC)C(=N)N(CC(=O)c1cc(N(C)CCOC)c(OCCCCC(=O)O)c(C(C)(C)C)c1)C2. The van der Waals surface area contributed by atoms with Crippen LogP contribution in [0.2, 0.25) is 0 Å². The van der Waals surface area contributed by atoms with E-state index < -0.39 is 5.97 Å². The van der Waals surface area contributed by atoms with Crippen molar-refractivity contribution in [1.29, 1.82) is 5.41 Å². The number of fused-ring (bicyclic) bond motifs is 1. The molecule has 1 aliphatic heterocycles. The number of rotatable bonds is 16. The molecule has 45 heavy (non-hydrogen) atoms. The lowest BCUT2D eigenvalue weighted by molar-refractivity contribution is -0.137. The van der Waals surface area contributed by atoms with Crippen LogP contribution in [0.3, 0.4) is 0 Å². The monoisotopic (exact) mass is 690 g/mol. The number of carbonyl (C=O) groups is 3. The third kappa shape index (κ3) is 9.43. The van der Waals surface area contributed by atoms with Crippen molar-refractivity contribution in [3.05, 3.63) is 52.1 Å². The Morgan fingerprint density at radius 1 is 1.09 bits per heavy atom. The molecule has 3 rings (SSSR count). The summed E-state index contributed by atoms with van der Waals surface area (Å²) in [7, 11) is 5.09. The molecule has 0 aromatic heterocycles. The zero-order valence-corrected chi connectivity index (χ0v) is 29.1. The third-order valence-electron chi connectivity index (χ3n) is 7.52. The van der Waals surface area contributed by atoms with E-state index in [1.54, 1.807) is 31.2 Å². The molecule has 0 radical (unpaired) electrons. The van der Waals surface area contributed by atoms with Crippen LogP contribution in [0.4, 0.5) is 5.69 Å². The molecule has 1 amide bonds. The molecular weight excluding hydrogens is 644 g/mol. The molecule has 248 valence electrons. The van der Waals surface area contributed by atoms with Crippen LogP contribution in [0.25, 0.3) is 0 Å². The van der Waals surface area contributed by atoms with Crippen LogP contribution in [0, 0.1) is 5.41 Å². The first-order valence-electron chi connectivity index (χ1n) is 14.9. The van der Waals surface area contributed by atoms with Gasteiger partial charge in [0, 0.05) is 57.4 Å². The van der Waals surface area contributed by atoms with Gasteiger partial charge < -0.3 is 34.4 Å². The highest BCUT2D eigenvalue weighted by Gasteiger charge is 2.31. The van der Waals surface area contributed by atoms with Gasteiger partial charge in [-0.15, -0.1) is 17.0 Å². The van der Waals surface area contributed by atoms with E-state index in [-0.39, 0.29) is 52.9 Å². The number of likely N-dealkylation sites (N-methyl/N-ethyl adjacent to an activating group) is 1. The molecule has 0 saturated carbocycles. The lowest BCUT2D eigenvalue weighted by Crippen LogP contribution is -2.31. The number of benzene rings is 2. The second-order valence-electron chi connectivity index (χ2n) is 11.9. The highest BCUT2D eigenvalue weighted by Crippen LogP contribution is 2.40. The summed E-state index contributed by atoms with van der Waals surface area (Å²) in [5.74, 6) is -0.00447. The number of nitrogens with zero attached hydrogens (tertiary/aromatic N) is 2. The summed E-state index contributed by atoms with van der Waals surface area (Å²) in [5, 5.41) is 20.4. The molecule has 0 bridgehead atoms. The molecule has 2 aromatic carbocycles. The first-order valence-corrected chi connectivity index (χ1v) is 14.9. The highest BCUT2D eigenvalue weighted by molar-refractivity contribution is 8.93. The van der Waals surface area contributed by atoms with Crippen molar-refractivity contribution in [2.45, 2.75) is 58.9 Å². The maximum absolute atomic E-state index is 13.9. The summed E-state index contributed by atoms with van der Waals surface area (Å²) in [6.45, 7) is 10.1. The van der Waals surface area contributed by atoms with Crippen LogP contribution >= 0.6 is 17.0 Å². The van der Waals surface area contributed by atoms with Gasteiger partial charge in [0.15, 0.2) is 5.78 Å². The first-order chi connectivity index (χ1) is 20.8. The third-order valence-corrected chi connectivity index (χ3v) is 7.52. The molecule has 0 unspecified atom stereocenters. The Balaban J connectivity index is 0.00000705. The number of ketones is 1. The van der Waals surface area contributed by atoms with Crippen molar-refractivity contribution in [1.82, 2.24) is 10.2 Å². The van der Waals surface area contributed by atoms with Gasteiger partial charge in [-0.05, 0) is 55.0 Å². The lowest BCUT2D eigenvalue weighted by atomic mass is 9.84. The van der Waals surface area contributed by atoms with E-state index in [1.807, 2.05) is 31.0 Å². The van der Waals surface area contributed by atoms with Gasteiger partial charge in [-0.3, -0.25) is 19.8 Å². The summed E-state index contributed by atoms with van der Waals surface area (Å²) < 4.78 is 17.3. The Morgan fingerprint density at radius 2 is 1.80 bits per heavy atom. The lowest BCUT2D eigenvalue weighted by Gasteiger charge is -2.30. The number of Topliss-reactive ketones (excluding diaryl/α,β-unsaturated/α-hetero) is 1. The quantitative estimate of drug-likeness (QED) is 0.163. The van der Waals surface area contributed by atoms with Crippen LogP contribution in [-0.4, -0.2) is 87.6 Å². The Kier molecular flexibility index (Phi) is 13.9. The molecule has 0 fully saturated rings. The number of hydrogen-bond acceptors (Lipinski definition) is 8. The van der Waals surface area contributed by atoms with E-state index in [1.165, 1.54) is 0 Å². The van der Waals surface area contributed by atoms with Crippen molar-refractivity contribution in [2.75, 3.05) is 59.0 Å². The number of amides is 1. The predicted octanol–water partition coefficient (Wildman–Crippen LogP) is 5.06. The maximum Gasteiger partial charge on any atom is 0.303 e. The second-order valence-corrected chi connectivity index (χ2v) is 11.9. The molecule has 12 heteroatoms. The number of carbonyl (C=O) groups excluding carboxylic acids is 2. The summed E-state index contributed by atoms with van der Waals surface area (Å²) >= 11 is 0. The van der Waals surface area contributed by atoms with Gasteiger partial charge in [-0.2, -0.15) is 0 Å². The summed E-state index contributed by atoms with van der Waals surface area (Å²) in [4.78, 5) is 41.0. The number of nitrogens with one attached hydrogen (secondary N) is 2. The van der Waals surface area contributed by atoms with Crippen molar-refractivity contribution < 1.29 is 33.7 Å². The molecule has 11 nitrogen and oxygen atoms in total. The zero-order chi connectivity index (χ0) is 32.6. The van der Waals surface area contributed by atoms with E-state index in [0.29, 0.717) is 73.9 Å². The standard InChI is InChI=1S/C33H46N4O7.BrH/c1-8-43-28-17-22-19-37(31(34)23(22)18-24(28)32(41)35-5)20-27(38)21-15-25(33(2,3)4)30(44-13-10-9-11-29(39)40)26(16-21)36(6)12-14-42-7;/h15-18,34H,8-14,19-20H2,1-7H3,(H,35,41)(H,39,40);1H. The Hall–Kier alpha value is -3.64. The summed E-state index contributed by atoms with van der Waals surface area (Å²) in [6, 6.07) is 7.14. The fourth-order valence-corrected chi connectivity index (χ4v) is 5.08. The van der Waals surface area contributed by atoms with E-state index in [9.17, 15) is 14.4 Å². The summed E-state index contributed by atoms with van der Waals surface area (Å²) in [6.07, 6.45) is 1.17. The van der Waals surface area contributed by atoms with Gasteiger partial charge in [0.25, 0.3) is 5.91 Å². The van der Waals surface area contributed by atoms with Gasteiger partial charge in [-0.1, -0.05) is 20.8 Å². The molecule has 0 saturated heterocycles. The van der Waals surface area contributed by atoms with Gasteiger partial charge in [0.05, 0.1) is 37.6 Å². The van der Waals surface area contributed by atoms with Gasteiger partial charge in [-0.25, -0.2) is 0 Å². The molecule has 0 spiro atoms. The number of ether oxygens (including phenoxy) is 3. The largest absolute Gasteiger partial charge is 0.493 e. The molecule has 2 aromatic rings. The minimum atomic E-state index is -0.834. The Morgan fingerprint density at radius 3 is 2.40 bits per heavy atom. The molecular formula is C33H47BrN4O7. The first kappa shape index (κ1) is 37.5. The van der Waals surface area contributed by atoms with Crippen LogP contribution in [0.15, 0.2) is 24.3 Å². The summed E-state index contributed by atoms with van der Waals surface area (Å²) in [5.41, 5.74) is 3.50. The number of unbranched alkanes of at least 4 members (excludes halogenated alkanes) is 1. The number of aliphatic carboxylic acids is 1. The normalized spacial score (nSPS) is 12.3. The van der Waals surface area contributed by atoms with E-state index in [2.05, 4.69) is 26.1 Å². The highest BCUT2D eigenvalue weighted by atomic mass is 79.9. The number of carboxylic acid groups (broad SMARTS) is 1. The maximum atomic E-state index is 13.9. The predicted molar refractivity (Wildman–Crippen MR) is 180 cm³/mol. The number of hydrogen-bond donors (Lipinski definition) is 3. The molecule has 1 aliphatic rings. The van der Waals surface area contributed by atoms with Crippen LogP contribution in [0.5, 0.6) is 11.5 Å². The number of anilines is 1. The zero-order valence-electron chi connectivity index (χ0n) is 27.4. The van der Waals surface area contributed by atoms with Gasteiger partial charge >= 0.3 is 5.97 Å². The van der Waals surface area contributed by atoms with E-state index in [4.69, 9.17) is 24.7 Å². The van der Waals surface area contributed by atoms with Gasteiger partial charge in [0.1, 0.15) is 17.3 Å². The minimum Gasteiger partial charge on any atom is -0.493 e. The number of methoxy groups -OCH3 is 1. The van der Waals surface area contributed by atoms with Crippen molar-refractivity contribution >= 4 is 46.2 Å². The fourth-order valence-electron chi connectivity index (χ4n) is 5.08. The Bertz CT molecular complexity index is 1390. The average molecular weight is 692 g/mol. The minimum absolute atomic E-state index is 0. The van der Waals surface area contributed by atoms with Crippen LogP contribution in [0.1, 0.15) is 84.4 Å². The van der Waals surface area contributed by atoms with Crippen LogP contribution in [-0.2, 0) is 21.5 Å². The van der Waals surface area contributed by atoms with E-state index >= 15 is 0 Å².